The van der Waals surface area contributed by atoms with Gasteiger partial charge in [-0.2, -0.15) is 0 Å². The molecular weight excluding hydrogens is 306 g/mol. The van der Waals surface area contributed by atoms with Crippen LogP contribution in [0, 0.1) is 11.2 Å². The highest BCUT2D eigenvalue weighted by Gasteiger charge is 2.37. The Kier molecular flexibility index (Phi) is 2.61. The van der Waals surface area contributed by atoms with Crippen LogP contribution in [-0.4, -0.2) is 5.78 Å². The van der Waals surface area contributed by atoms with Crippen LogP contribution in [0.4, 0.5) is 4.39 Å². The molecule has 0 fully saturated rings. The Labute approximate surface area is 102 Å². The number of rotatable bonds is 1. The zero-order valence-electron chi connectivity index (χ0n) is 8.73. The normalized spacial score (nSPS) is 18.0. The Morgan fingerprint density at radius 2 is 2.13 bits per heavy atom. The molecule has 0 aromatic heterocycles. The summed E-state index contributed by atoms with van der Waals surface area (Å²) in [6.07, 6.45) is 0.652. The van der Waals surface area contributed by atoms with Gasteiger partial charge in [-0.15, -0.1) is 0 Å². The molecule has 0 spiro atoms. The fourth-order valence-corrected chi connectivity index (χ4v) is 2.62. The molecule has 0 N–H and O–H groups in total. The molecule has 0 aliphatic heterocycles. The van der Waals surface area contributed by atoms with Crippen molar-refractivity contribution in [3.05, 3.63) is 34.6 Å². The Bertz CT molecular complexity index is 437. The van der Waals surface area contributed by atoms with E-state index in [0.717, 1.165) is 5.56 Å². The highest BCUT2D eigenvalue weighted by atomic mass is 127. The van der Waals surface area contributed by atoms with Crippen LogP contribution in [-0.2, 0) is 10.8 Å². The number of carbonyl (C=O) groups is 1. The summed E-state index contributed by atoms with van der Waals surface area (Å²) in [6.45, 7) is 3.83. The van der Waals surface area contributed by atoms with E-state index in [1.807, 2.05) is 13.8 Å². The third kappa shape index (κ3) is 1.71. The van der Waals surface area contributed by atoms with Gasteiger partial charge in [-0.25, -0.2) is 4.39 Å². The number of ketones is 1. The SMILES string of the molecule is CC1(C)Cc2cc(F)c(CI)cc2C1=O. The lowest BCUT2D eigenvalue weighted by Gasteiger charge is -2.12. The first-order valence-corrected chi connectivity index (χ1v) is 6.40. The summed E-state index contributed by atoms with van der Waals surface area (Å²) < 4.78 is 14.1. The van der Waals surface area contributed by atoms with Gasteiger partial charge in [0.2, 0.25) is 0 Å². The van der Waals surface area contributed by atoms with Crippen molar-refractivity contribution >= 4 is 28.4 Å². The zero-order chi connectivity index (χ0) is 11.2. The van der Waals surface area contributed by atoms with E-state index in [1.165, 1.54) is 6.07 Å². The van der Waals surface area contributed by atoms with Crippen LogP contribution in [0.15, 0.2) is 12.1 Å². The average Bonchev–Trinajstić information content (AvgIpc) is 2.36. The molecule has 2 rings (SSSR count). The van der Waals surface area contributed by atoms with Gasteiger partial charge >= 0.3 is 0 Å². The number of halogens is 2. The quantitative estimate of drug-likeness (QED) is 0.572. The van der Waals surface area contributed by atoms with Crippen molar-refractivity contribution in [2.45, 2.75) is 24.7 Å². The molecule has 0 bridgehead atoms. The summed E-state index contributed by atoms with van der Waals surface area (Å²) in [4.78, 5) is 12.0. The minimum absolute atomic E-state index is 0.142. The number of benzene rings is 1. The van der Waals surface area contributed by atoms with E-state index in [0.29, 0.717) is 22.0 Å². The fourth-order valence-electron chi connectivity index (χ4n) is 2.04. The van der Waals surface area contributed by atoms with Crippen molar-refractivity contribution in [3.8, 4) is 0 Å². The van der Waals surface area contributed by atoms with E-state index in [4.69, 9.17) is 0 Å². The van der Waals surface area contributed by atoms with E-state index >= 15 is 0 Å². The summed E-state index contributed by atoms with van der Waals surface area (Å²) in [5.74, 6) is -0.0442. The van der Waals surface area contributed by atoms with E-state index < -0.39 is 0 Å². The van der Waals surface area contributed by atoms with Crippen molar-refractivity contribution < 1.29 is 9.18 Å². The van der Waals surface area contributed by atoms with Crippen molar-refractivity contribution in [1.29, 1.82) is 0 Å². The van der Waals surface area contributed by atoms with Gasteiger partial charge in [-0.1, -0.05) is 36.4 Å². The summed E-state index contributed by atoms with van der Waals surface area (Å²) in [5, 5.41) is 0. The van der Waals surface area contributed by atoms with Gasteiger partial charge in [0.15, 0.2) is 5.78 Å². The van der Waals surface area contributed by atoms with Gasteiger partial charge < -0.3 is 0 Å². The van der Waals surface area contributed by atoms with Crippen LogP contribution in [0.3, 0.4) is 0 Å². The molecule has 80 valence electrons. The van der Waals surface area contributed by atoms with Crippen LogP contribution in [0.2, 0.25) is 0 Å². The number of carbonyl (C=O) groups excluding carboxylic acids is 1. The molecule has 0 unspecified atom stereocenters. The predicted molar refractivity (Wildman–Crippen MR) is 65.9 cm³/mol. The van der Waals surface area contributed by atoms with Gasteiger partial charge in [-0.05, 0) is 29.7 Å². The first kappa shape index (κ1) is 11.0. The van der Waals surface area contributed by atoms with Crippen LogP contribution in [0.5, 0.6) is 0 Å². The first-order chi connectivity index (χ1) is 6.95. The van der Waals surface area contributed by atoms with E-state index in [-0.39, 0.29) is 17.0 Å². The van der Waals surface area contributed by atoms with Gasteiger partial charge in [0.05, 0.1) is 0 Å². The lowest BCUT2D eigenvalue weighted by Crippen LogP contribution is -2.18. The van der Waals surface area contributed by atoms with E-state index in [9.17, 15) is 9.18 Å². The largest absolute Gasteiger partial charge is 0.294 e. The van der Waals surface area contributed by atoms with Crippen molar-refractivity contribution in [2.24, 2.45) is 5.41 Å². The molecule has 1 aromatic carbocycles. The smallest absolute Gasteiger partial charge is 0.169 e. The number of fused-ring (bicyclic) bond motifs is 1. The lowest BCUT2D eigenvalue weighted by molar-refractivity contribution is 0.0863. The molecule has 0 radical (unpaired) electrons. The first-order valence-electron chi connectivity index (χ1n) is 4.88. The molecule has 1 aromatic rings. The maximum Gasteiger partial charge on any atom is 0.169 e. The highest BCUT2D eigenvalue weighted by Crippen LogP contribution is 2.37. The van der Waals surface area contributed by atoms with E-state index in [2.05, 4.69) is 22.6 Å². The molecule has 1 aliphatic carbocycles. The van der Waals surface area contributed by atoms with Crippen LogP contribution in [0.1, 0.15) is 35.3 Å². The Balaban J connectivity index is 2.57. The summed E-state index contributed by atoms with van der Waals surface area (Å²) in [7, 11) is 0. The molecule has 1 nitrogen and oxygen atoms in total. The van der Waals surface area contributed by atoms with Crippen molar-refractivity contribution in [1.82, 2.24) is 0 Å². The minimum Gasteiger partial charge on any atom is -0.294 e. The number of hydrogen-bond acceptors (Lipinski definition) is 1. The molecular formula is C12H12FIO. The third-order valence-electron chi connectivity index (χ3n) is 2.91. The third-order valence-corrected chi connectivity index (χ3v) is 3.73. The van der Waals surface area contributed by atoms with Crippen LogP contribution in [0.25, 0.3) is 0 Å². The number of Topliss-reactive ketones (excluding diaryl/α,β-unsaturated/α-hetero) is 1. The maximum absolute atomic E-state index is 13.5. The van der Waals surface area contributed by atoms with Gasteiger partial charge in [0.25, 0.3) is 0 Å². The standard InChI is InChI=1S/C12H12FIO/c1-12(2)5-7-4-10(13)8(6-14)3-9(7)11(12)15/h3-4H,5-6H2,1-2H3. The van der Waals surface area contributed by atoms with Gasteiger partial charge in [0.1, 0.15) is 5.82 Å². The Hall–Kier alpha value is -0.450. The molecule has 0 saturated carbocycles. The molecule has 0 heterocycles. The van der Waals surface area contributed by atoms with E-state index in [1.54, 1.807) is 6.07 Å². The average molecular weight is 318 g/mol. The molecule has 0 amide bonds. The summed E-state index contributed by atoms with van der Waals surface area (Å²) >= 11 is 2.11. The zero-order valence-corrected chi connectivity index (χ0v) is 10.9. The second kappa shape index (κ2) is 3.54. The molecule has 3 heteroatoms. The van der Waals surface area contributed by atoms with Gasteiger partial charge in [-0.3, -0.25) is 4.79 Å². The Morgan fingerprint density at radius 3 is 2.73 bits per heavy atom. The monoisotopic (exact) mass is 318 g/mol. The molecule has 1 aliphatic rings. The maximum atomic E-state index is 13.5. The molecule has 0 atom stereocenters. The second-order valence-electron chi connectivity index (χ2n) is 4.62. The number of hydrogen-bond donors (Lipinski definition) is 0. The minimum atomic E-state index is -0.362. The van der Waals surface area contributed by atoms with Crippen molar-refractivity contribution in [3.63, 3.8) is 0 Å². The Morgan fingerprint density at radius 1 is 1.47 bits per heavy atom. The molecule has 15 heavy (non-hydrogen) atoms. The topological polar surface area (TPSA) is 17.1 Å². The summed E-state index contributed by atoms with van der Waals surface area (Å²) in [6, 6.07) is 3.24. The number of alkyl halides is 1. The van der Waals surface area contributed by atoms with Crippen molar-refractivity contribution in [2.75, 3.05) is 0 Å². The lowest BCUT2D eigenvalue weighted by atomic mass is 9.89. The van der Waals surface area contributed by atoms with Gasteiger partial charge in [0, 0.05) is 15.4 Å². The molecule has 0 saturated heterocycles. The second-order valence-corrected chi connectivity index (χ2v) is 5.39. The predicted octanol–water partition coefficient (Wildman–Crippen LogP) is 3.53. The van der Waals surface area contributed by atoms with Crippen LogP contribution >= 0.6 is 22.6 Å². The van der Waals surface area contributed by atoms with Crippen LogP contribution < -0.4 is 0 Å². The highest BCUT2D eigenvalue weighted by molar-refractivity contribution is 14.1. The summed E-state index contributed by atoms with van der Waals surface area (Å²) in [5.41, 5.74) is 1.84. The fraction of sp³-hybridized carbons (Fsp3) is 0.417.